The van der Waals surface area contributed by atoms with Gasteiger partial charge in [-0.25, -0.2) is 4.79 Å². The standard InChI is InChI=1S/C13H23NO5/c1-12(2,3)19-11(17)14-7-6-13(4,9(15)8-14)10(16)18-5/h9,15H,6-8H2,1-5H3. The number of aliphatic hydroxyl groups is 1. The Kier molecular flexibility index (Phi) is 4.45. The van der Waals surface area contributed by atoms with E-state index in [0.29, 0.717) is 13.0 Å². The van der Waals surface area contributed by atoms with Gasteiger partial charge in [-0.15, -0.1) is 0 Å². The van der Waals surface area contributed by atoms with E-state index in [1.165, 1.54) is 12.0 Å². The predicted molar refractivity (Wildman–Crippen MR) is 68.6 cm³/mol. The Morgan fingerprint density at radius 2 is 1.95 bits per heavy atom. The van der Waals surface area contributed by atoms with E-state index in [4.69, 9.17) is 9.47 Å². The quantitative estimate of drug-likeness (QED) is 0.726. The summed E-state index contributed by atoms with van der Waals surface area (Å²) in [7, 11) is 1.29. The summed E-state index contributed by atoms with van der Waals surface area (Å²) in [5.74, 6) is -0.455. The number of esters is 1. The first-order valence-electron chi connectivity index (χ1n) is 6.34. The number of rotatable bonds is 1. The third kappa shape index (κ3) is 3.59. The molecule has 6 heteroatoms. The fourth-order valence-electron chi connectivity index (χ4n) is 2.00. The van der Waals surface area contributed by atoms with Crippen LogP contribution in [0.1, 0.15) is 34.1 Å². The zero-order chi connectivity index (χ0) is 14.8. The van der Waals surface area contributed by atoms with E-state index in [9.17, 15) is 14.7 Å². The normalized spacial score (nSPS) is 27.9. The van der Waals surface area contributed by atoms with Crippen molar-refractivity contribution in [2.24, 2.45) is 5.41 Å². The van der Waals surface area contributed by atoms with E-state index in [0.717, 1.165) is 0 Å². The van der Waals surface area contributed by atoms with Gasteiger partial charge < -0.3 is 19.5 Å². The van der Waals surface area contributed by atoms with Crippen LogP contribution < -0.4 is 0 Å². The van der Waals surface area contributed by atoms with Crippen molar-refractivity contribution in [3.63, 3.8) is 0 Å². The fourth-order valence-corrected chi connectivity index (χ4v) is 2.00. The molecule has 1 fully saturated rings. The average Bonchev–Trinajstić information content (AvgIpc) is 2.29. The van der Waals surface area contributed by atoms with Gasteiger partial charge in [-0.1, -0.05) is 0 Å². The van der Waals surface area contributed by atoms with Crippen LogP contribution in [0, 0.1) is 5.41 Å². The highest BCUT2D eigenvalue weighted by Crippen LogP contribution is 2.33. The van der Waals surface area contributed by atoms with Gasteiger partial charge in [0.15, 0.2) is 0 Å². The summed E-state index contributed by atoms with van der Waals surface area (Å²) in [6.07, 6.45) is -1.08. The van der Waals surface area contributed by atoms with E-state index < -0.39 is 29.2 Å². The van der Waals surface area contributed by atoms with Gasteiger partial charge in [-0.2, -0.15) is 0 Å². The highest BCUT2D eigenvalue weighted by Gasteiger charge is 2.46. The lowest BCUT2D eigenvalue weighted by Crippen LogP contribution is -2.55. The van der Waals surface area contributed by atoms with Gasteiger partial charge in [0.25, 0.3) is 0 Å². The van der Waals surface area contributed by atoms with Crippen molar-refractivity contribution >= 4 is 12.1 Å². The number of β-amino-alcohol motifs (C(OH)–C–C–N with tert-alkyl or cyclic N) is 1. The van der Waals surface area contributed by atoms with Gasteiger partial charge in [0.1, 0.15) is 5.60 Å². The number of likely N-dealkylation sites (tertiary alicyclic amines) is 1. The topological polar surface area (TPSA) is 76.1 Å². The number of methoxy groups -OCH3 is 1. The van der Waals surface area contributed by atoms with Crippen molar-refractivity contribution in [2.75, 3.05) is 20.2 Å². The summed E-state index contributed by atoms with van der Waals surface area (Å²) in [4.78, 5) is 25.0. The number of aliphatic hydroxyl groups excluding tert-OH is 1. The van der Waals surface area contributed by atoms with Gasteiger partial charge in [0.05, 0.1) is 25.2 Å². The zero-order valence-corrected chi connectivity index (χ0v) is 12.2. The molecule has 0 saturated carbocycles. The Labute approximate surface area is 113 Å². The van der Waals surface area contributed by atoms with E-state index >= 15 is 0 Å². The molecule has 2 atom stereocenters. The van der Waals surface area contributed by atoms with Crippen molar-refractivity contribution < 1.29 is 24.2 Å². The van der Waals surface area contributed by atoms with Crippen molar-refractivity contribution in [2.45, 2.75) is 45.8 Å². The molecule has 1 aliphatic rings. The number of carbonyl (C=O) groups is 2. The maximum absolute atomic E-state index is 11.9. The fraction of sp³-hybridized carbons (Fsp3) is 0.846. The van der Waals surface area contributed by atoms with Gasteiger partial charge in [-0.3, -0.25) is 4.79 Å². The molecule has 1 saturated heterocycles. The van der Waals surface area contributed by atoms with E-state index in [1.54, 1.807) is 27.7 Å². The summed E-state index contributed by atoms with van der Waals surface area (Å²) >= 11 is 0. The number of hydrogen-bond donors (Lipinski definition) is 1. The third-order valence-corrected chi connectivity index (χ3v) is 3.33. The van der Waals surface area contributed by atoms with Crippen LogP contribution >= 0.6 is 0 Å². The van der Waals surface area contributed by atoms with Crippen LogP contribution in [0.2, 0.25) is 0 Å². The van der Waals surface area contributed by atoms with Crippen LogP contribution in [0.3, 0.4) is 0 Å². The van der Waals surface area contributed by atoms with Crippen molar-refractivity contribution in [1.29, 1.82) is 0 Å². The van der Waals surface area contributed by atoms with Crippen molar-refractivity contribution in [1.82, 2.24) is 4.90 Å². The van der Waals surface area contributed by atoms with Crippen LogP contribution in [0.5, 0.6) is 0 Å². The SMILES string of the molecule is COC(=O)C1(C)CCN(C(=O)OC(C)(C)C)CC1O. The van der Waals surface area contributed by atoms with E-state index in [2.05, 4.69) is 0 Å². The largest absolute Gasteiger partial charge is 0.469 e. The molecule has 1 N–H and O–H groups in total. The summed E-state index contributed by atoms with van der Waals surface area (Å²) < 4.78 is 9.95. The van der Waals surface area contributed by atoms with Crippen molar-refractivity contribution in [3.8, 4) is 0 Å². The van der Waals surface area contributed by atoms with Gasteiger partial charge >= 0.3 is 12.1 Å². The molecule has 0 aromatic rings. The van der Waals surface area contributed by atoms with Crippen LogP contribution in [-0.2, 0) is 14.3 Å². The summed E-state index contributed by atoms with van der Waals surface area (Å²) in [6.45, 7) is 7.42. The first-order valence-corrected chi connectivity index (χ1v) is 6.34. The monoisotopic (exact) mass is 273 g/mol. The number of ether oxygens (including phenoxy) is 2. The van der Waals surface area contributed by atoms with E-state index in [-0.39, 0.29) is 6.54 Å². The van der Waals surface area contributed by atoms with Crippen molar-refractivity contribution in [3.05, 3.63) is 0 Å². The Hall–Kier alpha value is -1.30. The maximum atomic E-state index is 11.9. The molecule has 110 valence electrons. The predicted octanol–water partition coefficient (Wildman–Crippen LogP) is 1.17. The minimum Gasteiger partial charge on any atom is -0.469 e. The molecular weight excluding hydrogens is 250 g/mol. The number of carbonyl (C=O) groups excluding carboxylic acids is 2. The number of nitrogens with zero attached hydrogens (tertiary/aromatic N) is 1. The Morgan fingerprint density at radius 3 is 2.37 bits per heavy atom. The Balaban J connectivity index is 2.69. The average molecular weight is 273 g/mol. The molecule has 1 rings (SSSR count). The second-order valence-corrected chi connectivity index (χ2v) is 6.10. The maximum Gasteiger partial charge on any atom is 0.410 e. The lowest BCUT2D eigenvalue weighted by atomic mass is 9.78. The smallest absolute Gasteiger partial charge is 0.410 e. The van der Waals surface area contributed by atoms with Gasteiger partial charge in [0, 0.05) is 6.54 Å². The van der Waals surface area contributed by atoms with Gasteiger partial charge in [-0.05, 0) is 34.1 Å². The minimum atomic E-state index is -0.965. The van der Waals surface area contributed by atoms with Crippen LogP contribution in [0.25, 0.3) is 0 Å². The van der Waals surface area contributed by atoms with Crippen LogP contribution in [-0.4, -0.2) is 54.0 Å². The third-order valence-electron chi connectivity index (χ3n) is 3.33. The van der Waals surface area contributed by atoms with Gasteiger partial charge in [0.2, 0.25) is 0 Å². The lowest BCUT2D eigenvalue weighted by Gasteiger charge is -2.41. The van der Waals surface area contributed by atoms with E-state index in [1.807, 2.05) is 0 Å². The summed E-state index contributed by atoms with van der Waals surface area (Å²) in [5.41, 5.74) is -1.54. The highest BCUT2D eigenvalue weighted by molar-refractivity contribution is 5.78. The summed E-state index contributed by atoms with van der Waals surface area (Å²) in [6, 6.07) is 0. The molecule has 0 aromatic carbocycles. The Morgan fingerprint density at radius 1 is 1.37 bits per heavy atom. The summed E-state index contributed by atoms with van der Waals surface area (Å²) in [5, 5.41) is 10.1. The second-order valence-electron chi connectivity index (χ2n) is 6.10. The highest BCUT2D eigenvalue weighted by atomic mass is 16.6. The lowest BCUT2D eigenvalue weighted by molar-refractivity contribution is -0.164. The number of amides is 1. The molecule has 0 aliphatic carbocycles. The minimum absolute atomic E-state index is 0.0700. The number of hydrogen-bond acceptors (Lipinski definition) is 5. The first kappa shape index (κ1) is 15.8. The number of piperidine rings is 1. The van der Waals surface area contributed by atoms with Crippen LogP contribution in [0.15, 0.2) is 0 Å². The first-order chi connectivity index (χ1) is 8.60. The molecule has 19 heavy (non-hydrogen) atoms. The molecule has 0 spiro atoms. The molecule has 2 unspecified atom stereocenters. The molecule has 1 aliphatic heterocycles. The molecule has 0 bridgehead atoms. The molecule has 6 nitrogen and oxygen atoms in total. The zero-order valence-electron chi connectivity index (χ0n) is 12.2. The molecule has 1 amide bonds. The molecule has 0 aromatic heterocycles. The second kappa shape index (κ2) is 5.36. The Bertz CT molecular complexity index is 363. The molecule has 0 radical (unpaired) electrons. The molecular formula is C13H23NO5. The molecule has 1 heterocycles. The van der Waals surface area contributed by atoms with Crippen LogP contribution in [0.4, 0.5) is 4.79 Å².